The Morgan fingerprint density at radius 2 is 1.87 bits per heavy atom. The van der Waals surface area contributed by atoms with E-state index < -0.39 is 12.1 Å². The number of alkyl halides is 3. The molecule has 2 aliphatic heterocycles. The number of aliphatic carboxylic acids is 1. The van der Waals surface area contributed by atoms with Gasteiger partial charge in [-0.1, -0.05) is 0 Å². The molecule has 0 aromatic carbocycles. The van der Waals surface area contributed by atoms with Gasteiger partial charge in [-0.2, -0.15) is 13.2 Å². The van der Waals surface area contributed by atoms with Crippen LogP contribution in [-0.4, -0.2) is 83.0 Å². The highest BCUT2D eigenvalue weighted by atomic mass is 32.1. The van der Waals surface area contributed by atoms with Gasteiger partial charge in [0.2, 0.25) is 11.8 Å². The maximum absolute atomic E-state index is 12.3. The van der Waals surface area contributed by atoms with Gasteiger partial charge in [0.15, 0.2) is 0 Å². The lowest BCUT2D eigenvalue weighted by Crippen LogP contribution is -2.54. The van der Waals surface area contributed by atoms with Crippen LogP contribution in [-0.2, 0) is 20.9 Å². The molecule has 0 aliphatic carbocycles. The van der Waals surface area contributed by atoms with Crippen LogP contribution in [0.4, 0.5) is 13.2 Å². The zero-order valence-corrected chi connectivity index (χ0v) is 17.9. The molecule has 3 heterocycles. The number of halogens is 3. The number of rotatable bonds is 4. The van der Waals surface area contributed by atoms with E-state index in [4.69, 9.17) is 9.90 Å². The van der Waals surface area contributed by atoms with E-state index in [0.29, 0.717) is 12.5 Å². The molecule has 2 aliphatic rings. The Kier molecular flexibility index (Phi) is 7.87. The molecule has 30 heavy (non-hydrogen) atoms. The number of carboxylic acid groups (broad SMARTS) is 1. The first kappa shape index (κ1) is 24.1. The molecular formula is C19H26F3N3O4S. The van der Waals surface area contributed by atoms with E-state index in [1.165, 1.54) is 9.75 Å². The fraction of sp³-hybridized carbons (Fsp3) is 0.632. The fourth-order valence-electron chi connectivity index (χ4n) is 3.70. The topological polar surface area (TPSA) is 81.2 Å². The maximum atomic E-state index is 12.3. The van der Waals surface area contributed by atoms with Gasteiger partial charge >= 0.3 is 12.1 Å². The minimum absolute atomic E-state index is 0.00586. The summed E-state index contributed by atoms with van der Waals surface area (Å²) < 4.78 is 31.7. The van der Waals surface area contributed by atoms with Crippen molar-refractivity contribution in [2.45, 2.75) is 51.0 Å². The number of carbonyl (C=O) groups excluding carboxylic acids is 2. The number of carbonyl (C=O) groups is 3. The summed E-state index contributed by atoms with van der Waals surface area (Å²) >= 11 is 1.85. The van der Waals surface area contributed by atoms with Crippen LogP contribution in [0.25, 0.3) is 0 Å². The third-order valence-electron chi connectivity index (χ3n) is 5.20. The van der Waals surface area contributed by atoms with Gasteiger partial charge in [-0.05, 0) is 31.9 Å². The number of amides is 2. The van der Waals surface area contributed by atoms with Crippen LogP contribution >= 0.6 is 11.3 Å². The van der Waals surface area contributed by atoms with Crippen molar-refractivity contribution < 1.29 is 32.7 Å². The summed E-state index contributed by atoms with van der Waals surface area (Å²) in [6.07, 6.45) is -2.64. The van der Waals surface area contributed by atoms with Crippen molar-refractivity contribution in [2.24, 2.45) is 0 Å². The number of piperidine rings is 1. The van der Waals surface area contributed by atoms with Crippen LogP contribution < -0.4 is 0 Å². The lowest BCUT2D eigenvalue weighted by Gasteiger charge is -2.39. The van der Waals surface area contributed by atoms with E-state index in [2.05, 4.69) is 24.0 Å². The number of aryl methyl sites for hydroxylation is 1. The zero-order valence-electron chi connectivity index (χ0n) is 17.1. The summed E-state index contributed by atoms with van der Waals surface area (Å²) in [7, 11) is 3.49. The van der Waals surface area contributed by atoms with Gasteiger partial charge in [0.05, 0.1) is 0 Å². The van der Waals surface area contributed by atoms with Crippen LogP contribution in [0.2, 0.25) is 0 Å². The number of nitrogens with zero attached hydrogens (tertiary/aromatic N) is 3. The molecule has 2 fully saturated rings. The maximum Gasteiger partial charge on any atom is 0.490 e. The molecule has 0 saturated carbocycles. The molecule has 1 aromatic rings. The van der Waals surface area contributed by atoms with Gasteiger partial charge in [0.25, 0.3) is 0 Å². The Labute approximate surface area is 177 Å². The second-order valence-corrected chi connectivity index (χ2v) is 8.93. The van der Waals surface area contributed by atoms with E-state index in [-0.39, 0.29) is 24.4 Å². The molecule has 11 heteroatoms. The van der Waals surface area contributed by atoms with Gasteiger partial charge in [0, 0.05) is 55.4 Å². The molecule has 3 rings (SSSR count). The van der Waals surface area contributed by atoms with Crippen molar-refractivity contribution in [1.82, 2.24) is 14.7 Å². The molecule has 0 bridgehead atoms. The number of fused-ring (bicyclic) bond motifs is 1. The summed E-state index contributed by atoms with van der Waals surface area (Å²) in [5, 5.41) is 7.12. The molecular weight excluding hydrogens is 423 g/mol. The van der Waals surface area contributed by atoms with Crippen molar-refractivity contribution in [3.8, 4) is 0 Å². The standard InChI is InChI=1S/C17H25N3O2S.C2HF3O2/c1-12-4-5-13(23-12)10-19-9-8-15-14(19)6-7-16(21)20(15)11-17(22)18(2)3;3-2(4,5)1(6)7/h4-5,14-15H,6-11H2,1-3H3;(H,6,7)/t14-,15-;/m1./s1. The number of carboxylic acids is 1. The van der Waals surface area contributed by atoms with Crippen molar-refractivity contribution in [2.75, 3.05) is 27.2 Å². The first-order valence-electron chi connectivity index (χ1n) is 9.49. The SMILES string of the molecule is Cc1ccc(CN2CC[C@@H]3[C@H]2CCC(=O)N3CC(=O)N(C)C)s1.O=C(O)C(F)(F)F. The van der Waals surface area contributed by atoms with Crippen LogP contribution in [0.3, 0.4) is 0 Å². The summed E-state index contributed by atoms with van der Waals surface area (Å²) in [4.78, 5) is 41.9. The van der Waals surface area contributed by atoms with Crippen LogP contribution in [0.5, 0.6) is 0 Å². The Morgan fingerprint density at radius 3 is 2.37 bits per heavy atom. The molecule has 0 spiro atoms. The largest absolute Gasteiger partial charge is 0.490 e. The monoisotopic (exact) mass is 449 g/mol. The predicted octanol–water partition coefficient (Wildman–Crippen LogP) is 2.34. The Balaban J connectivity index is 0.000000396. The van der Waals surface area contributed by atoms with Gasteiger partial charge in [-0.25, -0.2) is 4.79 Å². The third-order valence-corrected chi connectivity index (χ3v) is 6.19. The van der Waals surface area contributed by atoms with E-state index in [0.717, 1.165) is 25.9 Å². The first-order valence-corrected chi connectivity index (χ1v) is 10.3. The minimum Gasteiger partial charge on any atom is -0.475 e. The van der Waals surface area contributed by atoms with Gasteiger partial charge in [-0.15, -0.1) is 11.3 Å². The highest BCUT2D eigenvalue weighted by molar-refractivity contribution is 7.11. The smallest absolute Gasteiger partial charge is 0.475 e. The van der Waals surface area contributed by atoms with Crippen molar-refractivity contribution in [1.29, 1.82) is 0 Å². The molecule has 1 N–H and O–H groups in total. The van der Waals surface area contributed by atoms with Gasteiger partial charge in [-0.3, -0.25) is 14.5 Å². The van der Waals surface area contributed by atoms with E-state index in [9.17, 15) is 22.8 Å². The molecule has 2 amide bonds. The summed E-state index contributed by atoms with van der Waals surface area (Å²) in [6.45, 7) is 4.32. The van der Waals surface area contributed by atoms with Crippen LogP contribution in [0.1, 0.15) is 29.0 Å². The normalized spacial score (nSPS) is 21.7. The van der Waals surface area contributed by atoms with Gasteiger partial charge in [0.1, 0.15) is 6.54 Å². The number of hydrogen-bond acceptors (Lipinski definition) is 5. The number of likely N-dealkylation sites (N-methyl/N-ethyl adjacent to an activating group) is 1. The fourth-order valence-corrected chi connectivity index (χ4v) is 4.61. The Hall–Kier alpha value is -2.14. The van der Waals surface area contributed by atoms with Crippen LogP contribution in [0.15, 0.2) is 12.1 Å². The molecule has 2 atom stereocenters. The van der Waals surface area contributed by atoms with Crippen molar-refractivity contribution >= 4 is 29.1 Å². The second-order valence-electron chi connectivity index (χ2n) is 7.56. The Bertz CT molecular complexity index is 781. The average molecular weight is 449 g/mol. The predicted molar refractivity (Wildman–Crippen MR) is 105 cm³/mol. The van der Waals surface area contributed by atoms with Gasteiger partial charge < -0.3 is 14.9 Å². The molecule has 0 radical (unpaired) electrons. The molecule has 1 aromatic heterocycles. The highest BCUT2D eigenvalue weighted by Gasteiger charge is 2.43. The lowest BCUT2D eigenvalue weighted by atomic mass is 9.96. The van der Waals surface area contributed by atoms with Crippen molar-refractivity contribution in [3.63, 3.8) is 0 Å². The molecule has 7 nitrogen and oxygen atoms in total. The highest BCUT2D eigenvalue weighted by Crippen LogP contribution is 2.33. The quantitative estimate of drug-likeness (QED) is 0.763. The van der Waals surface area contributed by atoms with E-state index in [1.54, 1.807) is 19.0 Å². The third kappa shape index (κ3) is 6.18. The zero-order chi connectivity index (χ0) is 22.6. The van der Waals surface area contributed by atoms with E-state index >= 15 is 0 Å². The molecule has 2 saturated heterocycles. The van der Waals surface area contributed by atoms with Crippen LogP contribution in [0, 0.1) is 6.92 Å². The average Bonchev–Trinajstić information content (AvgIpc) is 3.23. The molecule has 168 valence electrons. The number of thiophene rings is 1. The number of hydrogen-bond donors (Lipinski definition) is 1. The molecule has 0 unspecified atom stereocenters. The minimum atomic E-state index is -5.08. The van der Waals surface area contributed by atoms with Crippen molar-refractivity contribution in [3.05, 3.63) is 21.9 Å². The first-order chi connectivity index (χ1) is 13.9. The summed E-state index contributed by atoms with van der Waals surface area (Å²) in [5.41, 5.74) is 0. The summed E-state index contributed by atoms with van der Waals surface area (Å²) in [5.74, 6) is -2.62. The number of likely N-dealkylation sites (tertiary alicyclic amines) is 2. The second kappa shape index (κ2) is 9.78. The summed E-state index contributed by atoms with van der Waals surface area (Å²) in [6, 6.07) is 4.96. The Morgan fingerprint density at radius 1 is 1.23 bits per heavy atom. The lowest BCUT2D eigenvalue weighted by molar-refractivity contribution is -0.192. The van der Waals surface area contributed by atoms with E-state index in [1.807, 2.05) is 16.2 Å².